The van der Waals surface area contributed by atoms with Crippen LogP contribution in [-0.2, 0) is 24.3 Å². The molecular weight excluding hydrogens is 380 g/mol. The Bertz CT molecular complexity index is 1130. The van der Waals surface area contributed by atoms with Crippen LogP contribution >= 0.6 is 0 Å². The zero-order valence-corrected chi connectivity index (χ0v) is 17.8. The fourth-order valence-corrected chi connectivity index (χ4v) is 4.18. The Balaban J connectivity index is 1.58. The normalized spacial score (nSPS) is 14.8. The summed E-state index contributed by atoms with van der Waals surface area (Å²) in [5.74, 6) is 1.50. The molecule has 1 aliphatic rings. The number of aromatic nitrogens is 3. The van der Waals surface area contributed by atoms with Crippen LogP contribution in [0.1, 0.15) is 49.3 Å². The van der Waals surface area contributed by atoms with Crippen LogP contribution in [-0.4, -0.2) is 27.1 Å². The number of carbonyl (C=O) groups is 1. The third-order valence-electron chi connectivity index (χ3n) is 5.87. The van der Waals surface area contributed by atoms with Gasteiger partial charge < -0.3 is 14.6 Å². The summed E-state index contributed by atoms with van der Waals surface area (Å²) in [7, 11) is 1.63. The summed E-state index contributed by atoms with van der Waals surface area (Å²) in [5, 5.41) is 3.03. The van der Waals surface area contributed by atoms with Crippen molar-refractivity contribution in [3.63, 3.8) is 0 Å². The molecular formula is C23H28N4O3. The van der Waals surface area contributed by atoms with Crippen LogP contribution in [0.5, 0.6) is 5.75 Å². The molecule has 1 aliphatic heterocycles. The molecule has 4 rings (SSSR count). The van der Waals surface area contributed by atoms with Crippen molar-refractivity contribution in [2.45, 2.75) is 58.7 Å². The highest BCUT2D eigenvalue weighted by molar-refractivity contribution is 5.81. The predicted octanol–water partition coefficient (Wildman–Crippen LogP) is 3.12. The first-order valence-corrected chi connectivity index (χ1v) is 10.5. The second kappa shape index (κ2) is 8.34. The van der Waals surface area contributed by atoms with Gasteiger partial charge in [0.1, 0.15) is 23.6 Å². The van der Waals surface area contributed by atoms with Crippen LogP contribution < -0.4 is 15.6 Å². The molecule has 0 saturated heterocycles. The van der Waals surface area contributed by atoms with Crippen molar-refractivity contribution in [3.8, 4) is 5.75 Å². The zero-order valence-electron chi connectivity index (χ0n) is 17.8. The molecule has 7 heteroatoms. The Kier molecular flexibility index (Phi) is 5.61. The number of rotatable bonds is 5. The molecule has 1 amide bonds. The minimum Gasteiger partial charge on any atom is -0.497 e. The number of carbonyl (C=O) groups excluding carboxylic acids is 1. The highest BCUT2D eigenvalue weighted by Crippen LogP contribution is 2.20. The maximum absolute atomic E-state index is 13.2. The average Bonchev–Trinajstić information content (AvgIpc) is 2.90. The first-order chi connectivity index (χ1) is 14.5. The number of hydrogen-bond donors (Lipinski definition) is 1. The van der Waals surface area contributed by atoms with E-state index in [1.165, 1.54) is 0 Å². The second-order valence-electron chi connectivity index (χ2n) is 7.96. The Morgan fingerprint density at radius 3 is 2.73 bits per heavy atom. The number of hydrogen-bond acceptors (Lipinski definition) is 4. The van der Waals surface area contributed by atoms with Gasteiger partial charge in [0.2, 0.25) is 5.91 Å². The SMILES string of the molecule is COc1ccc([C@H](C)NC(=O)Cn2c(C)cc3nc4n(c(=O)c32)CCCCC4)cc1. The molecule has 30 heavy (non-hydrogen) atoms. The molecule has 0 spiro atoms. The first kappa shape index (κ1) is 20.2. The van der Waals surface area contributed by atoms with Gasteiger partial charge in [0.25, 0.3) is 5.56 Å². The summed E-state index contributed by atoms with van der Waals surface area (Å²) < 4.78 is 8.77. The number of ether oxygens (including phenoxy) is 1. The standard InChI is InChI=1S/C23H28N4O3/c1-15-13-19-22(23(29)26-12-6-4-5-7-20(26)25-19)27(15)14-21(28)24-16(2)17-8-10-18(30-3)11-9-17/h8-11,13,16H,4-7,12,14H2,1-3H3,(H,24,28)/t16-/m0/s1. The van der Waals surface area contributed by atoms with Crippen molar-refractivity contribution in [3.05, 3.63) is 57.8 Å². The molecule has 1 aromatic carbocycles. The summed E-state index contributed by atoms with van der Waals surface area (Å²) in [5.41, 5.74) is 3.01. The Morgan fingerprint density at radius 1 is 1.23 bits per heavy atom. The van der Waals surface area contributed by atoms with Crippen LogP contribution in [0.25, 0.3) is 11.0 Å². The summed E-state index contributed by atoms with van der Waals surface area (Å²) >= 11 is 0. The monoisotopic (exact) mass is 408 g/mol. The molecule has 0 saturated carbocycles. The minimum atomic E-state index is -0.152. The lowest BCUT2D eigenvalue weighted by atomic mass is 10.1. The molecule has 7 nitrogen and oxygen atoms in total. The van der Waals surface area contributed by atoms with Gasteiger partial charge in [-0.1, -0.05) is 18.6 Å². The molecule has 0 fully saturated rings. The second-order valence-corrected chi connectivity index (χ2v) is 7.96. The van der Waals surface area contributed by atoms with E-state index in [2.05, 4.69) is 5.32 Å². The van der Waals surface area contributed by atoms with Crippen molar-refractivity contribution in [2.24, 2.45) is 0 Å². The van der Waals surface area contributed by atoms with E-state index in [0.29, 0.717) is 17.6 Å². The van der Waals surface area contributed by atoms with Gasteiger partial charge in [-0.05, 0) is 50.5 Å². The maximum Gasteiger partial charge on any atom is 0.278 e. The predicted molar refractivity (Wildman–Crippen MR) is 116 cm³/mol. The van der Waals surface area contributed by atoms with Gasteiger partial charge >= 0.3 is 0 Å². The largest absolute Gasteiger partial charge is 0.497 e. The number of nitrogens with zero attached hydrogens (tertiary/aromatic N) is 3. The van der Waals surface area contributed by atoms with Gasteiger partial charge in [-0.25, -0.2) is 4.98 Å². The van der Waals surface area contributed by atoms with E-state index in [0.717, 1.165) is 48.5 Å². The lowest BCUT2D eigenvalue weighted by Crippen LogP contribution is -2.32. The summed E-state index contributed by atoms with van der Waals surface area (Å²) in [6, 6.07) is 9.38. The van der Waals surface area contributed by atoms with Crippen LogP contribution in [0.15, 0.2) is 35.1 Å². The topological polar surface area (TPSA) is 78.2 Å². The Morgan fingerprint density at radius 2 is 2.00 bits per heavy atom. The highest BCUT2D eigenvalue weighted by atomic mass is 16.5. The third kappa shape index (κ3) is 3.84. The summed E-state index contributed by atoms with van der Waals surface area (Å²) in [6.07, 6.45) is 3.98. The van der Waals surface area contributed by atoms with E-state index in [1.807, 2.05) is 44.2 Å². The highest BCUT2D eigenvalue weighted by Gasteiger charge is 2.20. The number of fused-ring (bicyclic) bond motifs is 2. The average molecular weight is 409 g/mol. The van der Waals surface area contributed by atoms with Crippen LogP contribution in [0.4, 0.5) is 0 Å². The van der Waals surface area contributed by atoms with E-state index in [4.69, 9.17) is 9.72 Å². The van der Waals surface area contributed by atoms with E-state index in [1.54, 1.807) is 16.2 Å². The summed E-state index contributed by atoms with van der Waals surface area (Å²) in [6.45, 7) is 4.64. The molecule has 2 aromatic heterocycles. The third-order valence-corrected chi connectivity index (χ3v) is 5.87. The Hall–Kier alpha value is -3.09. The number of amides is 1. The van der Waals surface area contributed by atoms with Gasteiger partial charge in [0.15, 0.2) is 0 Å². The lowest BCUT2D eigenvalue weighted by Gasteiger charge is -2.16. The van der Waals surface area contributed by atoms with Crippen LogP contribution in [0.3, 0.4) is 0 Å². The van der Waals surface area contributed by atoms with Gasteiger partial charge in [-0.3, -0.25) is 14.2 Å². The van der Waals surface area contributed by atoms with Crippen molar-refractivity contribution in [1.82, 2.24) is 19.4 Å². The first-order valence-electron chi connectivity index (χ1n) is 10.5. The van der Waals surface area contributed by atoms with Crippen LogP contribution in [0.2, 0.25) is 0 Å². The number of benzene rings is 1. The smallest absolute Gasteiger partial charge is 0.278 e. The molecule has 3 heterocycles. The molecule has 1 atom stereocenters. The van der Waals surface area contributed by atoms with Crippen molar-refractivity contribution in [1.29, 1.82) is 0 Å². The van der Waals surface area contributed by atoms with Gasteiger partial charge in [-0.15, -0.1) is 0 Å². The Labute approximate surface area is 175 Å². The quantitative estimate of drug-likeness (QED) is 0.704. The lowest BCUT2D eigenvalue weighted by molar-refractivity contribution is -0.122. The van der Waals surface area contributed by atoms with Crippen molar-refractivity contribution < 1.29 is 9.53 Å². The molecule has 3 aromatic rings. The molecule has 158 valence electrons. The number of nitrogens with one attached hydrogen (secondary N) is 1. The summed E-state index contributed by atoms with van der Waals surface area (Å²) in [4.78, 5) is 30.7. The molecule has 0 bridgehead atoms. The van der Waals surface area contributed by atoms with E-state index >= 15 is 0 Å². The van der Waals surface area contributed by atoms with Gasteiger partial charge in [-0.2, -0.15) is 0 Å². The van der Waals surface area contributed by atoms with Gasteiger partial charge in [0.05, 0.1) is 18.7 Å². The number of methoxy groups -OCH3 is 1. The fourth-order valence-electron chi connectivity index (χ4n) is 4.18. The van der Waals surface area contributed by atoms with Gasteiger partial charge in [0, 0.05) is 18.7 Å². The molecule has 0 aliphatic carbocycles. The van der Waals surface area contributed by atoms with E-state index < -0.39 is 0 Å². The zero-order chi connectivity index (χ0) is 21.3. The van der Waals surface area contributed by atoms with E-state index in [9.17, 15) is 9.59 Å². The minimum absolute atomic E-state index is 0.0407. The fraction of sp³-hybridized carbons (Fsp3) is 0.435. The molecule has 1 N–H and O–H groups in total. The van der Waals surface area contributed by atoms with Crippen LogP contribution in [0, 0.1) is 6.92 Å². The van der Waals surface area contributed by atoms with Crippen molar-refractivity contribution in [2.75, 3.05) is 7.11 Å². The number of aryl methyl sites for hydroxylation is 2. The maximum atomic E-state index is 13.2. The molecule has 0 unspecified atom stereocenters. The molecule has 0 radical (unpaired) electrons. The van der Waals surface area contributed by atoms with Crippen molar-refractivity contribution >= 4 is 16.9 Å². The van der Waals surface area contributed by atoms with E-state index in [-0.39, 0.29) is 24.1 Å².